The zero-order chi connectivity index (χ0) is 26.1. The molecule has 2 aromatic rings. The maximum atomic E-state index is 2.60. The number of rotatable bonds is 1. The van der Waals surface area contributed by atoms with Crippen LogP contribution in [0.5, 0.6) is 0 Å². The summed E-state index contributed by atoms with van der Waals surface area (Å²) in [5.74, 6) is 0. The molecule has 0 N–H and O–H groups in total. The lowest BCUT2D eigenvalue weighted by Gasteiger charge is -2.53. The molecule has 34 heavy (non-hydrogen) atoms. The van der Waals surface area contributed by atoms with E-state index in [9.17, 15) is 0 Å². The van der Waals surface area contributed by atoms with Gasteiger partial charge in [0.1, 0.15) is 0 Å². The van der Waals surface area contributed by atoms with Gasteiger partial charge in [0.15, 0.2) is 0 Å². The van der Waals surface area contributed by atoms with Crippen LogP contribution in [0.4, 0.5) is 0 Å². The quantitative estimate of drug-likeness (QED) is 0.401. The Kier molecular flexibility index (Phi) is 5.13. The van der Waals surface area contributed by atoms with Crippen molar-refractivity contribution in [2.24, 2.45) is 5.41 Å². The lowest BCUT2D eigenvalue weighted by atomic mass is 9.50. The normalized spacial score (nSPS) is 21.2. The van der Waals surface area contributed by atoms with Crippen molar-refractivity contribution in [2.45, 2.75) is 127 Å². The molecule has 0 spiro atoms. The van der Waals surface area contributed by atoms with Gasteiger partial charge in [0, 0.05) is 21.7 Å². The molecule has 0 saturated carbocycles. The Labute approximate surface area is 210 Å². The summed E-state index contributed by atoms with van der Waals surface area (Å²) in [6.07, 6.45) is 0. The summed E-state index contributed by atoms with van der Waals surface area (Å²) < 4.78 is 0. The zero-order valence-electron chi connectivity index (χ0n) is 25.0. The van der Waals surface area contributed by atoms with E-state index >= 15 is 0 Å². The van der Waals surface area contributed by atoms with Gasteiger partial charge in [-0.25, -0.2) is 0 Å². The van der Waals surface area contributed by atoms with Crippen molar-refractivity contribution in [2.75, 3.05) is 0 Å². The molecule has 0 saturated heterocycles. The predicted molar refractivity (Wildman–Crippen MR) is 151 cm³/mol. The summed E-state index contributed by atoms with van der Waals surface area (Å²) in [6.45, 7) is 39.0. The molecule has 0 fully saturated rings. The fourth-order valence-corrected chi connectivity index (χ4v) is 9.06. The molecule has 0 heterocycles. The summed E-state index contributed by atoms with van der Waals surface area (Å²) >= 11 is 0. The fraction of sp³-hybridized carbons (Fsp3) is 0.588. The summed E-state index contributed by atoms with van der Waals surface area (Å²) in [5, 5.41) is 0. The number of fused-ring (bicyclic) bond motifs is 2. The van der Waals surface area contributed by atoms with Gasteiger partial charge in [0.05, 0.1) is 0 Å². The van der Waals surface area contributed by atoms with Crippen LogP contribution < -0.4 is 0 Å². The second-order valence-electron chi connectivity index (χ2n) is 13.5. The summed E-state index contributed by atoms with van der Waals surface area (Å²) in [5.41, 5.74) is 21.4. The maximum Gasteiger partial charge on any atom is 0.0126 e. The van der Waals surface area contributed by atoms with Gasteiger partial charge >= 0.3 is 0 Å². The van der Waals surface area contributed by atoms with Crippen LogP contribution in [-0.4, -0.2) is 0 Å². The van der Waals surface area contributed by atoms with Crippen molar-refractivity contribution in [3.05, 3.63) is 72.3 Å². The van der Waals surface area contributed by atoms with Crippen molar-refractivity contribution in [1.29, 1.82) is 0 Å². The maximum absolute atomic E-state index is 2.60. The molecule has 0 unspecified atom stereocenters. The number of hydrogen-bond donors (Lipinski definition) is 0. The molecule has 0 heteroatoms. The Balaban J connectivity index is 2.18. The summed E-state index contributed by atoms with van der Waals surface area (Å²) in [4.78, 5) is 0. The van der Waals surface area contributed by atoms with Crippen molar-refractivity contribution >= 4 is 5.57 Å². The highest BCUT2D eigenvalue weighted by molar-refractivity contribution is 5.85. The van der Waals surface area contributed by atoms with Crippen molar-refractivity contribution in [1.82, 2.24) is 0 Å². The van der Waals surface area contributed by atoms with Crippen LogP contribution in [0, 0.1) is 60.8 Å². The monoisotopic (exact) mass is 456 g/mol. The van der Waals surface area contributed by atoms with Gasteiger partial charge in [-0.3, -0.25) is 0 Å². The third kappa shape index (κ3) is 2.46. The number of hydrogen-bond acceptors (Lipinski definition) is 0. The molecule has 184 valence electrons. The highest BCUT2D eigenvalue weighted by Crippen LogP contribution is 2.71. The minimum Gasteiger partial charge on any atom is -0.0549 e. The first-order chi connectivity index (χ1) is 15.3. The first-order valence-corrected chi connectivity index (χ1v) is 13.2. The Morgan fingerprint density at radius 1 is 0.382 bits per heavy atom. The fourth-order valence-electron chi connectivity index (χ4n) is 9.06. The van der Waals surface area contributed by atoms with E-state index in [1.165, 1.54) is 55.6 Å². The Bertz CT molecular complexity index is 1250. The molecule has 4 rings (SSSR count). The molecule has 2 aliphatic rings. The minimum absolute atomic E-state index is 0.00997. The van der Waals surface area contributed by atoms with Gasteiger partial charge in [-0.15, -0.1) is 0 Å². The molecule has 2 aromatic carbocycles. The van der Waals surface area contributed by atoms with Crippen molar-refractivity contribution < 1.29 is 0 Å². The average Bonchev–Trinajstić information content (AvgIpc) is 3.01. The van der Waals surface area contributed by atoms with E-state index in [1.807, 2.05) is 0 Å². The first-order valence-electron chi connectivity index (χ1n) is 13.2. The van der Waals surface area contributed by atoms with E-state index in [1.54, 1.807) is 22.3 Å². The van der Waals surface area contributed by atoms with E-state index < -0.39 is 0 Å². The molecular formula is C34H48. The lowest BCUT2D eigenvalue weighted by molar-refractivity contribution is 0.130. The molecular weight excluding hydrogens is 408 g/mol. The smallest absolute Gasteiger partial charge is 0.0126 e. The number of allylic oxidation sites excluding steroid dienone is 2. The zero-order valence-corrected chi connectivity index (χ0v) is 25.0. The van der Waals surface area contributed by atoms with Gasteiger partial charge in [-0.1, -0.05) is 48.5 Å². The van der Waals surface area contributed by atoms with Crippen LogP contribution in [0.1, 0.15) is 122 Å². The Morgan fingerprint density at radius 3 is 1.09 bits per heavy atom. The molecule has 0 aliphatic heterocycles. The first kappa shape index (κ1) is 25.3. The molecule has 0 atom stereocenters. The van der Waals surface area contributed by atoms with E-state index in [0.29, 0.717) is 0 Å². The Hall–Kier alpha value is -1.82. The lowest BCUT2D eigenvalue weighted by Crippen LogP contribution is -2.50. The second kappa shape index (κ2) is 6.89. The predicted octanol–water partition coefficient (Wildman–Crippen LogP) is 9.49. The van der Waals surface area contributed by atoms with Crippen LogP contribution in [0.2, 0.25) is 0 Å². The number of benzene rings is 2. The molecule has 0 aromatic heterocycles. The Morgan fingerprint density at radius 2 is 0.706 bits per heavy atom. The van der Waals surface area contributed by atoms with Crippen LogP contribution in [0.3, 0.4) is 0 Å². The average molecular weight is 457 g/mol. The largest absolute Gasteiger partial charge is 0.0549 e. The van der Waals surface area contributed by atoms with E-state index in [4.69, 9.17) is 0 Å². The summed E-state index contributed by atoms with van der Waals surface area (Å²) in [6, 6.07) is 0. The topological polar surface area (TPSA) is 0 Å². The van der Waals surface area contributed by atoms with Crippen molar-refractivity contribution in [3.8, 4) is 0 Å². The summed E-state index contributed by atoms with van der Waals surface area (Å²) in [7, 11) is 0. The molecule has 0 bridgehead atoms. The SMILES string of the molecule is CC1=C(C2(C)C(C)(C)c3c(C)c(C)c(C)c(C)c3C2(C)C)C(C)(C)c2c(C)c(C)c(C)c(C)c21. The third-order valence-electron chi connectivity index (χ3n) is 11.6. The standard InChI is InChI=1S/C34H48/c1-17-18(2)22(6)27-26(21(17)5)25(9)30(31(27,10)11)34(16)32(12,13)28-23(7)19(3)20(4)24(8)29(28)33(34,14)15/h1-16H3. The van der Waals surface area contributed by atoms with Crippen molar-refractivity contribution in [3.63, 3.8) is 0 Å². The van der Waals surface area contributed by atoms with Gasteiger partial charge < -0.3 is 0 Å². The van der Waals surface area contributed by atoms with E-state index in [-0.39, 0.29) is 21.7 Å². The van der Waals surface area contributed by atoms with Gasteiger partial charge in [-0.05, 0) is 140 Å². The molecule has 2 aliphatic carbocycles. The van der Waals surface area contributed by atoms with Gasteiger partial charge in [0.2, 0.25) is 0 Å². The van der Waals surface area contributed by atoms with Crippen LogP contribution >= 0.6 is 0 Å². The van der Waals surface area contributed by atoms with Gasteiger partial charge in [0.25, 0.3) is 0 Å². The molecule has 0 radical (unpaired) electrons. The van der Waals surface area contributed by atoms with Crippen LogP contribution in [-0.2, 0) is 16.2 Å². The minimum atomic E-state index is -0.0224. The van der Waals surface area contributed by atoms with Crippen LogP contribution in [0.15, 0.2) is 5.57 Å². The van der Waals surface area contributed by atoms with Crippen LogP contribution in [0.25, 0.3) is 5.57 Å². The highest BCUT2D eigenvalue weighted by atomic mass is 14.7. The molecule has 0 nitrogen and oxygen atoms in total. The third-order valence-corrected chi connectivity index (χ3v) is 11.6. The van der Waals surface area contributed by atoms with E-state index in [2.05, 4.69) is 111 Å². The van der Waals surface area contributed by atoms with E-state index in [0.717, 1.165) is 0 Å². The molecule has 0 amide bonds. The highest BCUT2D eigenvalue weighted by Gasteiger charge is 2.65. The second-order valence-corrected chi connectivity index (χ2v) is 13.5. The van der Waals surface area contributed by atoms with Gasteiger partial charge in [-0.2, -0.15) is 0 Å².